The molecule has 1 heterocycles. The minimum absolute atomic E-state index is 0.313. The molecule has 6 rings (SSSR count). The third-order valence-electron chi connectivity index (χ3n) is 6.69. The van der Waals surface area contributed by atoms with Gasteiger partial charge in [-0.05, 0) is 70.4 Å². The lowest BCUT2D eigenvalue weighted by Gasteiger charge is -2.12. The Morgan fingerprint density at radius 2 is 1.61 bits per heavy atom. The summed E-state index contributed by atoms with van der Waals surface area (Å²) in [6.45, 7) is 0.313. The molecule has 0 bridgehead atoms. The van der Waals surface area contributed by atoms with Crippen molar-refractivity contribution in [1.82, 2.24) is 10.4 Å². The minimum Gasteiger partial charge on any atom is -0.486 e. The Balaban J connectivity index is 1.05. The van der Waals surface area contributed by atoms with Crippen molar-refractivity contribution < 1.29 is 9.53 Å². The van der Waals surface area contributed by atoms with Gasteiger partial charge in [0.2, 0.25) is 0 Å². The number of carbonyl (C=O) groups is 1. The van der Waals surface area contributed by atoms with Crippen LogP contribution >= 0.6 is 46.1 Å². The molecule has 0 unspecified atom stereocenters. The van der Waals surface area contributed by atoms with E-state index in [2.05, 4.69) is 39.0 Å². The van der Waals surface area contributed by atoms with Gasteiger partial charge in [-0.15, -0.1) is 11.3 Å². The topological polar surface area (TPSA) is 75.6 Å². The molecular weight excluding hydrogens is 635 g/mol. The molecule has 5 aromatic carbocycles. The number of carbonyl (C=O) groups excluding carboxylic acids is 1. The van der Waals surface area contributed by atoms with E-state index in [9.17, 15) is 4.79 Å². The summed E-state index contributed by atoms with van der Waals surface area (Å²) in [5.41, 5.74) is 7.21. The van der Waals surface area contributed by atoms with Crippen molar-refractivity contribution in [2.24, 2.45) is 5.10 Å². The van der Waals surface area contributed by atoms with Crippen LogP contribution in [0.3, 0.4) is 0 Å². The van der Waals surface area contributed by atoms with Gasteiger partial charge < -0.3 is 10.1 Å². The highest BCUT2D eigenvalue weighted by Crippen LogP contribution is 2.35. The van der Waals surface area contributed by atoms with Crippen LogP contribution in [-0.2, 0) is 6.61 Å². The molecule has 0 aliphatic heterocycles. The van der Waals surface area contributed by atoms with Gasteiger partial charge in [0.25, 0.3) is 5.91 Å². The number of rotatable bonds is 9. The molecule has 0 saturated heterocycles. The predicted octanol–water partition coefficient (Wildman–Crippen LogP) is 10.0. The zero-order valence-electron chi connectivity index (χ0n) is 22.9. The fourth-order valence-corrected chi connectivity index (χ4v) is 5.98. The van der Waals surface area contributed by atoms with Crippen molar-refractivity contribution in [3.05, 3.63) is 140 Å². The summed E-state index contributed by atoms with van der Waals surface area (Å²) in [4.78, 5) is 17.3. The average molecular weight is 658 g/mol. The number of anilines is 2. The highest BCUT2D eigenvalue weighted by molar-refractivity contribution is 7.14. The quantitative estimate of drug-likeness (QED) is 0.120. The number of fused-ring (bicyclic) bond motifs is 1. The molecule has 2 N–H and O–H groups in total. The van der Waals surface area contributed by atoms with E-state index >= 15 is 0 Å². The van der Waals surface area contributed by atoms with Crippen LogP contribution < -0.4 is 15.5 Å². The van der Waals surface area contributed by atoms with E-state index in [1.165, 1.54) is 17.6 Å². The third-order valence-corrected chi connectivity index (χ3v) is 8.27. The first-order valence-electron chi connectivity index (χ1n) is 13.4. The Hall–Kier alpha value is -4.40. The molecule has 0 atom stereocenters. The molecular formula is C34H23Cl3N4O2S. The zero-order valence-corrected chi connectivity index (χ0v) is 26.0. The Morgan fingerprint density at radius 1 is 0.886 bits per heavy atom. The average Bonchev–Trinajstić information content (AvgIpc) is 3.50. The lowest BCUT2D eigenvalue weighted by Crippen LogP contribution is -2.17. The molecule has 10 heteroatoms. The van der Waals surface area contributed by atoms with Gasteiger partial charge in [-0.1, -0.05) is 89.4 Å². The number of halogens is 3. The summed E-state index contributed by atoms with van der Waals surface area (Å²) in [6.07, 6.45) is 1.48. The highest BCUT2D eigenvalue weighted by atomic mass is 35.5. The third kappa shape index (κ3) is 7.04. The molecule has 0 radical (unpaired) electrons. The van der Waals surface area contributed by atoms with Crippen LogP contribution in [0.2, 0.25) is 15.1 Å². The molecule has 0 fully saturated rings. The number of hydrogen-bond donors (Lipinski definition) is 2. The molecule has 1 aromatic heterocycles. The first-order chi connectivity index (χ1) is 21.4. The Labute approximate surface area is 272 Å². The van der Waals surface area contributed by atoms with Crippen LogP contribution in [0.15, 0.2) is 114 Å². The van der Waals surface area contributed by atoms with E-state index in [1.807, 2.05) is 66.0 Å². The normalized spacial score (nSPS) is 11.2. The number of ether oxygens (including phenoxy) is 1. The number of amides is 1. The van der Waals surface area contributed by atoms with Gasteiger partial charge in [0.05, 0.1) is 22.0 Å². The van der Waals surface area contributed by atoms with Crippen molar-refractivity contribution in [3.63, 3.8) is 0 Å². The predicted molar refractivity (Wildman–Crippen MR) is 182 cm³/mol. The molecule has 0 aliphatic carbocycles. The van der Waals surface area contributed by atoms with E-state index in [0.29, 0.717) is 38.6 Å². The van der Waals surface area contributed by atoms with Gasteiger partial charge in [-0.25, -0.2) is 10.4 Å². The molecule has 1 amide bonds. The zero-order chi connectivity index (χ0) is 30.5. The molecule has 6 aromatic rings. The summed E-state index contributed by atoms with van der Waals surface area (Å²) in [5.74, 6) is 0.0268. The van der Waals surface area contributed by atoms with Crippen molar-refractivity contribution in [3.8, 4) is 17.0 Å². The Kier molecular flexibility index (Phi) is 9.09. The number of hydrazone groups is 1. The van der Waals surface area contributed by atoms with Crippen LogP contribution in [0.1, 0.15) is 21.5 Å². The van der Waals surface area contributed by atoms with E-state index in [1.54, 1.807) is 24.3 Å². The largest absolute Gasteiger partial charge is 0.486 e. The second-order valence-electron chi connectivity index (χ2n) is 9.69. The van der Waals surface area contributed by atoms with E-state index in [0.717, 1.165) is 38.4 Å². The lowest BCUT2D eigenvalue weighted by atomic mass is 10.1. The number of thiazole rings is 1. The van der Waals surface area contributed by atoms with Crippen molar-refractivity contribution >= 4 is 79.9 Å². The Bertz CT molecular complexity index is 1950. The van der Waals surface area contributed by atoms with Crippen molar-refractivity contribution in [2.45, 2.75) is 6.61 Å². The van der Waals surface area contributed by atoms with Gasteiger partial charge in [0, 0.05) is 27.2 Å². The number of nitrogens with zero attached hydrogens (tertiary/aromatic N) is 2. The molecule has 6 nitrogen and oxygen atoms in total. The van der Waals surface area contributed by atoms with Crippen LogP contribution in [0.25, 0.3) is 22.0 Å². The van der Waals surface area contributed by atoms with Gasteiger partial charge in [-0.2, -0.15) is 5.10 Å². The fourth-order valence-electron chi connectivity index (χ4n) is 4.50. The van der Waals surface area contributed by atoms with E-state index in [-0.39, 0.29) is 5.91 Å². The van der Waals surface area contributed by atoms with Gasteiger partial charge in [0.15, 0.2) is 10.9 Å². The van der Waals surface area contributed by atoms with E-state index < -0.39 is 0 Å². The van der Waals surface area contributed by atoms with Gasteiger partial charge >= 0.3 is 0 Å². The second-order valence-corrected chi connectivity index (χ2v) is 11.8. The summed E-state index contributed by atoms with van der Waals surface area (Å²) < 4.78 is 6.00. The maximum absolute atomic E-state index is 12.7. The first-order valence-corrected chi connectivity index (χ1v) is 15.4. The number of nitrogens with one attached hydrogen (secondary N) is 2. The summed E-state index contributed by atoms with van der Waals surface area (Å²) in [6, 6.07) is 32.1. The molecule has 0 spiro atoms. The second kappa shape index (κ2) is 13.5. The van der Waals surface area contributed by atoms with Gasteiger partial charge in [-0.3, -0.25) is 4.79 Å². The maximum atomic E-state index is 12.7. The monoisotopic (exact) mass is 656 g/mol. The summed E-state index contributed by atoms with van der Waals surface area (Å²) >= 11 is 20.4. The number of hydrogen-bond acceptors (Lipinski definition) is 6. The number of benzene rings is 5. The molecule has 0 saturated carbocycles. The molecule has 0 aliphatic rings. The first kappa shape index (κ1) is 29.7. The lowest BCUT2D eigenvalue weighted by molar-refractivity contribution is 0.0955. The molecule has 44 heavy (non-hydrogen) atoms. The van der Waals surface area contributed by atoms with Crippen LogP contribution in [0.4, 0.5) is 10.8 Å². The Morgan fingerprint density at radius 3 is 2.39 bits per heavy atom. The fraction of sp³-hybridized carbons (Fsp3) is 0.0294. The molecule has 218 valence electrons. The highest BCUT2D eigenvalue weighted by Gasteiger charge is 2.12. The number of aromatic nitrogens is 1. The van der Waals surface area contributed by atoms with Crippen molar-refractivity contribution in [2.75, 3.05) is 5.32 Å². The summed E-state index contributed by atoms with van der Waals surface area (Å²) in [7, 11) is 0. The SMILES string of the molecule is O=C(N/N=C\c1cc(Cl)c(OCc2cccc3ccccc23)c(Cl)c1)c1ccc(-c2csc(Nc3ccc(Cl)cc3)n2)cc1. The van der Waals surface area contributed by atoms with Gasteiger partial charge in [0.1, 0.15) is 6.61 Å². The smallest absolute Gasteiger partial charge is 0.271 e. The van der Waals surface area contributed by atoms with Crippen LogP contribution in [0, 0.1) is 0 Å². The van der Waals surface area contributed by atoms with Crippen LogP contribution in [-0.4, -0.2) is 17.1 Å². The standard InChI is InChI=1S/C34H23Cl3N4O2S/c35-26-12-14-27(15-13-26)39-34-40-31(20-44-34)23-8-10-24(11-9-23)33(42)41-38-18-21-16-29(36)32(30(37)17-21)43-19-25-6-3-5-22-4-1-2-7-28(22)25/h1-18,20H,19H2,(H,39,40)(H,41,42)/b38-18-. The minimum atomic E-state index is -0.358. The van der Waals surface area contributed by atoms with Crippen molar-refractivity contribution in [1.29, 1.82) is 0 Å². The van der Waals surface area contributed by atoms with E-state index in [4.69, 9.17) is 39.5 Å². The summed E-state index contributed by atoms with van der Waals surface area (Å²) in [5, 5.41) is 13.6. The maximum Gasteiger partial charge on any atom is 0.271 e. The van der Waals surface area contributed by atoms with Crippen LogP contribution in [0.5, 0.6) is 5.75 Å².